The molecule has 3 unspecified atom stereocenters. The zero-order valence-corrected chi connectivity index (χ0v) is 11.8. The standard InChI is InChI=1S/C14H24N2O2/c1-8(2)12-14(18)16(10(4)13(17)15-12)9(3)11-6-5-7-11/h8-12H,5-7H2,1-4H3,(H,15,17). The van der Waals surface area contributed by atoms with Gasteiger partial charge in [0, 0.05) is 6.04 Å². The first-order valence-corrected chi connectivity index (χ1v) is 7.06. The molecule has 0 aromatic rings. The molecular weight excluding hydrogens is 228 g/mol. The van der Waals surface area contributed by atoms with Crippen LogP contribution in [-0.2, 0) is 9.59 Å². The van der Waals surface area contributed by atoms with Gasteiger partial charge in [0.1, 0.15) is 12.1 Å². The highest BCUT2D eigenvalue weighted by Crippen LogP contribution is 2.34. The van der Waals surface area contributed by atoms with Gasteiger partial charge < -0.3 is 10.2 Å². The number of carbonyl (C=O) groups is 2. The number of piperazine rings is 1. The van der Waals surface area contributed by atoms with Gasteiger partial charge in [-0.3, -0.25) is 9.59 Å². The Morgan fingerprint density at radius 2 is 1.83 bits per heavy atom. The average molecular weight is 252 g/mol. The van der Waals surface area contributed by atoms with Crippen molar-refractivity contribution in [2.45, 2.75) is 65.1 Å². The van der Waals surface area contributed by atoms with Gasteiger partial charge in [-0.25, -0.2) is 0 Å². The van der Waals surface area contributed by atoms with Crippen LogP contribution in [-0.4, -0.2) is 34.8 Å². The van der Waals surface area contributed by atoms with E-state index in [2.05, 4.69) is 12.2 Å². The van der Waals surface area contributed by atoms with E-state index in [1.54, 1.807) is 0 Å². The molecule has 4 heteroatoms. The Hall–Kier alpha value is -1.06. The van der Waals surface area contributed by atoms with Crippen LogP contribution in [0.25, 0.3) is 0 Å². The van der Waals surface area contributed by atoms with Crippen molar-refractivity contribution in [2.75, 3.05) is 0 Å². The molecule has 2 amide bonds. The Kier molecular flexibility index (Phi) is 3.64. The van der Waals surface area contributed by atoms with Gasteiger partial charge in [-0.1, -0.05) is 20.3 Å². The molecule has 2 fully saturated rings. The minimum Gasteiger partial charge on any atom is -0.342 e. The van der Waals surface area contributed by atoms with Crippen molar-refractivity contribution < 1.29 is 9.59 Å². The molecule has 0 spiro atoms. The summed E-state index contributed by atoms with van der Waals surface area (Å²) in [6, 6.07) is -0.493. The summed E-state index contributed by atoms with van der Waals surface area (Å²) in [6.07, 6.45) is 3.63. The van der Waals surface area contributed by atoms with Crippen molar-refractivity contribution in [2.24, 2.45) is 11.8 Å². The van der Waals surface area contributed by atoms with E-state index < -0.39 is 0 Å². The lowest BCUT2D eigenvalue weighted by Gasteiger charge is -2.46. The van der Waals surface area contributed by atoms with Crippen molar-refractivity contribution in [3.63, 3.8) is 0 Å². The first-order valence-electron chi connectivity index (χ1n) is 7.06. The van der Waals surface area contributed by atoms with Crippen LogP contribution in [0.15, 0.2) is 0 Å². The molecule has 2 rings (SSSR count). The Balaban J connectivity index is 2.18. The molecule has 0 aromatic carbocycles. The zero-order chi connectivity index (χ0) is 13.4. The number of hydrogen-bond donors (Lipinski definition) is 1. The topological polar surface area (TPSA) is 49.4 Å². The summed E-state index contributed by atoms with van der Waals surface area (Å²) in [5.74, 6) is 0.802. The lowest BCUT2D eigenvalue weighted by molar-refractivity contribution is -0.154. The monoisotopic (exact) mass is 252 g/mol. The van der Waals surface area contributed by atoms with E-state index in [0.717, 1.165) is 0 Å². The highest BCUT2D eigenvalue weighted by atomic mass is 16.2. The summed E-state index contributed by atoms with van der Waals surface area (Å²) in [4.78, 5) is 26.3. The molecule has 18 heavy (non-hydrogen) atoms. The predicted molar refractivity (Wildman–Crippen MR) is 69.9 cm³/mol. The maximum atomic E-state index is 12.5. The molecule has 102 valence electrons. The van der Waals surface area contributed by atoms with E-state index in [1.165, 1.54) is 19.3 Å². The van der Waals surface area contributed by atoms with Crippen LogP contribution in [0.4, 0.5) is 0 Å². The molecule has 1 aliphatic carbocycles. The predicted octanol–water partition coefficient (Wildman–Crippen LogP) is 1.55. The van der Waals surface area contributed by atoms with Gasteiger partial charge in [0.25, 0.3) is 0 Å². The van der Waals surface area contributed by atoms with Crippen molar-refractivity contribution in [3.8, 4) is 0 Å². The van der Waals surface area contributed by atoms with Crippen molar-refractivity contribution in [1.29, 1.82) is 0 Å². The normalized spacial score (nSPS) is 31.3. The number of nitrogens with zero attached hydrogens (tertiary/aromatic N) is 1. The summed E-state index contributed by atoms with van der Waals surface area (Å²) < 4.78 is 0. The molecule has 0 aromatic heterocycles. The summed E-state index contributed by atoms with van der Waals surface area (Å²) in [7, 11) is 0. The fraction of sp³-hybridized carbons (Fsp3) is 0.857. The number of amides is 2. The van der Waals surface area contributed by atoms with Gasteiger partial charge >= 0.3 is 0 Å². The molecule has 1 aliphatic heterocycles. The summed E-state index contributed by atoms with van der Waals surface area (Å²) in [5.41, 5.74) is 0. The quantitative estimate of drug-likeness (QED) is 0.828. The third-order valence-corrected chi connectivity index (χ3v) is 4.55. The molecule has 2 aliphatic rings. The van der Waals surface area contributed by atoms with E-state index in [-0.39, 0.29) is 35.9 Å². The maximum Gasteiger partial charge on any atom is 0.246 e. The molecule has 1 heterocycles. The van der Waals surface area contributed by atoms with E-state index in [1.807, 2.05) is 25.7 Å². The number of rotatable bonds is 3. The Bertz CT molecular complexity index is 350. The Morgan fingerprint density at radius 1 is 1.22 bits per heavy atom. The average Bonchev–Trinajstić information content (AvgIpc) is 2.20. The van der Waals surface area contributed by atoms with Crippen LogP contribution in [0.2, 0.25) is 0 Å². The molecular formula is C14H24N2O2. The second-order valence-corrected chi connectivity index (χ2v) is 6.08. The summed E-state index contributed by atoms with van der Waals surface area (Å²) >= 11 is 0. The van der Waals surface area contributed by atoms with Crippen LogP contribution in [0.1, 0.15) is 47.0 Å². The van der Waals surface area contributed by atoms with Crippen molar-refractivity contribution in [1.82, 2.24) is 10.2 Å². The lowest BCUT2D eigenvalue weighted by Crippen LogP contribution is -2.66. The second kappa shape index (κ2) is 4.90. The fourth-order valence-corrected chi connectivity index (χ4v) is 2.97. The lowest BCUT2D eigenvalue weighted by atomic mass is 9.78. The van der Waals surface area contributed by atoms with Crippen LogP contribution in [0.5, 0.6) is 0 Å². The minimum atomic E-state index is -0.351. The van der Waals surface area contributed by atoms with Crippen LogP contribution in [0, 0.1) is 11.8 Å². The van der Waals surface area contributed by atoms with Gasteiger partial charge in [-0.15, -0.1) is 0 Å². The molecule has 0 bridgehead atoms. The van der Waals surface area contributed by atoms with Gasteiger partial charge in [0.15, 0.2) is 0 Å². The van der Waals surface area contributed by atoms with Crippen LogP contribution >= 0.6 is 0 Å². The van der Waals surface area contributed by atoms with Gasteiger partial charge in [-0.2, -0.15) is 0 Å². The molecule has 0 radical (unpaired) electrons. The first kappa shape index (κ1) is 13.4. The molecule has 3 atom stereocenters. The smallest absolute Gasteiger partial charge is 0.246 e. The van der Waals surface area contributed by atoms with E-state index in [0.29, 0.717) is 5.92 Å². The summed E-state index contributed by atoms with van der Waals surface area (Å²) in [6.45, 7) is 7.88. The largest absolute Gasteiger partial charge is 0.342 e. The first-order chi connectivity index (χ1) is 8.43. The highest BCUT2D eigenvalue weighted by molar-refractivity contribution is 5.97. The summed E-state index contributed by atoms with van der Waals surface area (Å²) in [5, 5.41) is 2.85. The van der Waals surface area contributed by atoms with Gasteiger partial charge in [-0.05, 0) is 38.5 Å². The zero-order valence-electron chi connectivity index (χ0n) is 11.8. The van der Waals surface area contributed by atoms with Crippen LogP contribution < -0.4 is 5.32 Å². The van der Waals surface area contributed by atoms with Crippen molar-refractivity contribution >= 4 is 11.8 Å². The molecule has 1 N–H and O–H groups in total. The Morgan fingerprint density at radius 3 is 2.28 bits per heavy atom. The number of nitrogens with one attached hydrogen (secondary N) is 1. The van der Waals surface area contributed by atoms with Gasteiger partial charge in [0.05, 0.1) is 0 Å². The Labute approximate surface area is 109 Å². The highest BCUT2D eigenvalue weighted by Gasteiger charge is 2.43. The molecule has 1 saturated heterocycles. The van der Waals surface area contributed by atoms with Crippen LogP contribution in [0.3, 0.4) is 0 Å². The molecule has 1 saturated carbocycles. The van der Waals surface area contributed by atoms with E-state index in [4.69, 9.17) is 0 Å². The minimum absolute atomic E-state index is 0.0144. The number of hydrogen-bond acceptors (Lipinski definition) is 2. The SMILES string of the molecule is CC(C)C1NC(=O)C(C)N(C(C)C2CCC2)C1=O. The fourth-order valence-electron chi connectivity index (χ4n) is 2.97. The third-order valence-electron chi connectivity index (χ3n) is 4.55. The molecule has 4 nitrogen and oxygen atoms in total. The van der Waals surface area contributed by atoms with Gasteiger partial charge in [0.2, 0.25) is 11.8 Å². The van der Waals surface area contributed by atoms with E-state index >= 15 is 0 Å². The van der Waals surface area contributed by atoms with E-state index in [9.17, 15) is 9.59 Å². The second-order valence-electron chi connectivity index (χ2n) is 6.08. The third kappa shape index (κ3) is 2.13. The maximum absolute atomic E-state index is 12.5. The van der Waals surface area contributed by atoms with Crippen molar-refractivity contribution in [3.05, 3.63) is 0 Å². The number of carbonyl (C=O) groups excluding carboxylic acids is 2.